The number of para-hydroxylation sites is 3. The summed E-state index contributed by atoms with van der Waals surface area (Å²) in [5, 5.41) is 3.98. The van der Waals surface area contributed by atoms with Crippen LogP contribution in [0.1, 0.15) is 5.69 Å². The van der Waals surface area contributed by atoms with E-state index in [-0.39, 0.29) is 12.5 Å². The number of rotatable bonds is 3. The lowest BCUT2D eigenvalue weighted by Crippen LogP contribution is -2.20. The highest BCUT2D eigenvalue weighted by Gasteiger charge is 2.11. The van der Waals surface area contributed by atoms with Gasteiger partial charge in [0.2, 0.25) is 11.9 Å². The molecule has 0 unspecified atom stereocenters. The first-order chi connectivity index (χ1) is 11.2. The Bertz CT molecular complexity index is 979. The first-order valence-electron chi connectivity index (χ1n) is 7.50. The van der Waals surface area contributed by atoms with Gasteiger partial charge in [0.1, 0.15) is 6.54 Å². The third-order valence-electron chi connectivity index (χ3n) is 3.97. The topological polar surface area (TPSA) is 62.7 Å². The van der Waals surface area contributed by atoms with Gasteiger partial charge in [-0.2, -0.15) is 0 Å². The monoisotopic (exact) mass is 304 g/mol. The molecule has 2 heterocycles. The molecule has 5 nitrogen and oxygen atoms in total. The Balaban J connectivity index is 1.58. The minimum atomic E-state index is -0.103. The predicted molar refractivity (Wildman–Crippen MR) is 91.4 cm³/mol. The van der Waals surface area contributed by atoms with Crippen LogP contribution in [-0.2, 0) is 11.3 Å². The summed E-state index contributed by atoms with van der Waals surface area (Å²) in [6.07, 6.45) is 0. The Morgan fingerprint density at radius 1 is 1.17 bits per heavy atom. The summed E-state index contributed by atoms with van der Waals surface area (Å²) >= 11 is 0. The van der Waals surface area contributed by atoms with Crippen molar-refractivity contribution in [3.63, 3.8) is 0 Å². The van der Waals surface area contributed by atoms with E-state index in [2.05, 4.69) is 27.4 Å². The van der Waals surface area contributed by atoms with Crippen LogP contribution >= 0.6 is 0 Å². The number of fused-ring (bicyclic) bond motifs is 2. The molecule has 5 heteroatoms. The van der Waals surface area contributed by atoms with E-state index in [9.17, 15) is 4.79 Å². The summed E-state index contributed by atoms with van der Waals surface area (Å²) in [5.41, 5.74) is 3.87. The summed E-state index contributed by atoms with van der Waals surface area (Å²) in [6.45, 7) is 2.27. The molecule has 0 fully saturated rings. The zero-order valence-electron chi connectivity index (χ0n) is 12.7. The third-order valence-corrected chi connectivity index (χ3v) is 3.97. The lowest BCUT2D eigenvalue weighted by atomic mass is 10.2. The van der Waals surface area contributed by atoms with E-state index in [1.807, 2.05) is 54.0 Å². The van der Waals surface area contributed by atoms with Crippen LogP contribution in [0.2, 0.25) is 0 Å². The summed E-state index contributed by atoms with van der Waals surface area (Å²) in [4.78, 5) is 19.8. The summed E-state index contributed by atoms with van der Waals surface area (Å²) in [7, 11) is 0. The smallest absolute Gasteiger partial charge is 0.246 e. The number of nitrogens with zero attached hydrogens (tertiary/aromatic N) is 2. The molecule has 2 aromatic heterocycles. The molecule has 0 radical (unpaired) electrons. The average molecular weight is 304 g/mol. The first kappa shape index (κ1) is 13.6. The maximum absolute atomic E-state index is 12.4. The summed E-state index contributed by atoms with van der Waals surface area (Å²) in [6, 6.07) is 17.8. The van der Waals surface area contributed by atoms with Crippen LogP contribution in [0.25, 0.3) is 21.9 Å². The molecule has 0 saturated carbocycles. The van der Waals surface area contributed by atoms with Gasteiger partial charge in [-0.1, -0.05) is 30.3 Å². The lowest BCUT2D eigenvalue weighted by molar-refractivity contribution is -0.116. The molecule has 2 aromatic carbocycles. The largest absolute Gasteiger partial charge is 0.335 e. The molecule has 23 heavy (non-hydrogen) atoms. The number of aryl methyl sites for hydroxylation is 1. The minimum absolute atomic E-state index is 0.103. The maximum Gasteiger partial charge on any atom is 0.246 e. The number of carbonyl (C=O) groups excluding carboxylic acids is 1. The average Bonchev–Trinajstić information content (AvgIpc) is 3.08. The number of benzene rings is 2. The second-order valence-corrected chi connectivity index (χ2v) is 5.58. The molecule has 0 aliphatic heterocycles. The van der Waals surface area contributed by atoms with Crippen molar-refractivity contribution < 1.29 is 4.79 Å². The van der Waals surface area contributed by atoms with Gasteiger partial charge in [0.05, 0.1) is 11.0 Å². The maximum atomic E-state index is 12.4. The highest BCUT2D eigenvalue weighted by Crippen LogP contribution is 2.19. The second kappa shape index (κ2) is 5.28. The first-order valence-corrected chi connectivity index (χ1v) is 7.50. The van der Waals surface area contributed by atoms with Crippen molar-refractivity contribution in [2.75, 3.05) is 5.32 Å². The van der Waals surface area contributed by atoms with Crippen LogP contribution in [-0.4, -0.2) is 20.4 Å². The van der Waals surface area contributed by atoms with Crippen LogP contribution in [0.15, 0.2) is 54.6 Å². The Kier molecular flexibility index (Phi) is 3.12. The standard InChI is InChI=1S/C18H16N4O/c1-12-10-13-6-2-5-9-16(13)22(12)11-17(23)21-18-19-14-7-3-4-8-15(14)20-18/h2-10H,11H2,1H3,(H2,19,20,21,23). The quantitative estimate of drug-likeness (QED) is 0.609. The Hall–Kier alpha value is -3.08. The molecule has 0 aliphatic rings. The number of aromatic nitrogens is 3. The Labute approximate surface area is 133 Å². The van der Waals surface area contributed by atoms with E-state index in [1.54, 1.807) is 0 Å². The molecule has 0 bridgehead atoms. The summed E-state index contributed by atoms with van der Waals surface area (Å²) < 4.78 is 2.01. The van der Waals surface area contributed by atoms with Crippen molar-refractivity contribution in [1.82, 2.24) is 14.5 Å². The van der Waals surface area contributed by atoms with Gasteiger partial charge in [0.15, 0.2) is 0 Å². The molecule has 114 valence electrons. The number of amides is 1. The molecule has 0 saturated heterocycles. The van der Waals surface area contributed by atoms with Crippen molar-refractivity contribution in [1.29, 1.82) is 0 Å². The van der Waals surface area contributed by atoms with E-state index in [4.69, 9.17) is 0 Å². The van der Waals surface area contributed by atoms with Gasteiger partial charge >= 0.3 is 0 Å². The van der Waals surface area contributed by atoms with Gasteiger partial charge in [0, 0.05) is 11.2 Å². The number of nitrogens with one attached hydrogen (secondary N) is 2. The normalized spacial score (nSPS) is 11.2. The third kappa shape index (κ3) is 2.46. The molecule has 2 N–H and O–H groups in total. The van der Waals surface area contributed by atoms with E-state index in [0.717, 1.165) is 27.6 Å². The number of imidazole rings is 1. The van der Waals surface area contributed by atoms with Gasteiger partial charge < -0.3 is 9.55 Å². The summed E-state index contributed by atoms with van der Waals surface area (Å²) in [5.74, 6) is 0.374. The second-order valence-electron chi connectivity index (χ2n) is 5.58. The van der Waals surface area contributed by atoms with Crippen molar-refractivity contribution in [2.24, 2.45) is 0 Å². The van der Waals surface area contributed by atoms with Gasteiger partial charge in [-0.15, -0.1) is 0 Å². The number of H-pyrrole nitrogens is 1. The fourth-order valence-corrected chi connectivity index (χ4v) is 2.89. The van der Waals surface area contributed by atoms with Crippen LogP contribution in [0.5, 0.6) is 0 Å². The van der Waals surface area contributed by atoms with Crippen LogP contribution in [0.3, 0.4) is 0 Å². The number of aromatic amines is 1. The van der Waals surface area contributed by atoms with Gasteiger partial charge in [-0.05, 0) is 36.6 Å². The SMILES string of the molecule is Cc1cc2ccccc2n1CC(=O)Nc1nc2ccccc2[nH]1. The molecule has 0 aliphatic carbocycles. The van der Waals surface area contributed by atoms with Crippen LogP contribution in [0.4, 0.5) is 5.95 Å². The van der Waals surface area contributed by atoms with E-state index in [1.165, 1.54) is 0 Å². The Morgan fingerprint density at radius 2 is 1.96 bits per heavy atom. The molecule has 4 aromatic rings. The fourth-order valence-electron chi connectivity index (χ4n) is 2.89. The minimum Gasteiger partial charge on any atom is -0.335 e. The molecule has 1 amide bonds. The number of carbonyl (C=O) groups is 1. The fraction of sp³-hybridized carbons (Fsp3) is 0.111. The van der Waals surface area contributed by atoms with Gasteiger partial charge in [0.25, 0.3) is 0 Å². The van der Waals surface area contributed by atoms with Crippen LogP contribution < -0.4 is 5.32 Å². The van der Waals surface area contributed by atoms with E-state index >= 15 is 0 Å². The number of hydrogen-bond donors (Lipinski definition) is 2. The van der Waals surface area contributed by atoms with Crippen molar-refractivity contribution >= 4 is 33.8 Å². The highest BCUT2D eigenvalue weighted by atomic mass is 16.2. The van der Waals surface area contributed by atoms with Gasteiger partial charge in [-0.3, -0.25) is 10.1 Å². The zero-order valence-corrected chi connectivity index (χ0v) is 12.7. The van der Waals surface area contributed by atoms with Gasteiger partial charge in [-0.25, -0.2) is 4.98 Å². The lowest BCUT2D eigenvalue weighted by Gasteiger charge is -2.07. The molecule has 4 rings (SSSR count). The van der Waals surface area contributed by atoms with Crippen molar-refractivity contribution in [3.05, 3.63) is 60.3 Å². The molecule has 0 atom stereocenters. The van der Waals surface area contributed by atoms with Crippen LogP contribution in [0, 0.1) is 6.92 Å². The molecular formula is C18H16N4O. The van der Waals surface area contributed by atoms with E-state index < -0.39 is 0 Å². The van der Waals surface area contributed by atoms with Crippen molar-refractivity contribution in [2.45, 2.75) is 13.5 Å². The van der Waals surface area contributed by atoms with Crippen molar-refractivity contribution in [3.8, 4) is 0 Å². The zero-order chi connectivity index (χ0) is 15.8. The number of anilines is 1. The molecular weight excluding hydrogens is 288 g/mol. The Morgan fingerprint density at radius 3 is 2.83 bits per heavy atom. The highest BCUT2D eigenvalue weighted by molar-refractivity contribution is 5.92. The number of hydrogen-bond acceptors (Lipinski definition) is 2. The van der Waals surface area contributed by atoms with E-state index in [0.29, 0.717) is 5.95 Å². The predicted octanol–water partition coefficient (Wildman–Crippen LogP) is 3.46. The molecule has 0 spiro atoms.